The third-order valence-corrected chi connectivity index (χ3v) is 5.27. The second-order valence-electron chi connectivity index (χ2n) is 6.70. The van der Waals surface area contributed by atoms with E-state index in [0.29, 0.717) is 0 Å². The molecule has 0 saturated heterocycles. The Morgan fingerprint density at radius 1 is 1.25 bits per heavy atom. The van der Waals surface area contributed by atoms with Gasteiger partial charge >= 0.3 is 0 Å². The third-order valence-electron chi connectivity index (χ3n) is 4.72. The molecule has 3 heteroatoms. The highest BCUT2D eigenvalue weighted by molar-refractivity contribution is 6.21. The molecule has 1 unspecified atom stereocenters. The van der Waals surface area contributed by atoms with Crippen LogP contribution in [0.25, 0.3) is 0 Å². The number of nitrogens with one attached hydrogen (secondary N) is 1. The monoisotopic (exact) mass is 245 g/mol. The van der Waals surface area contributed by atoms with Gasteiger partial charge in [0, 0.05) is 5.92 Å². The molecule has 1 N–H and O–H groups in total. The number of carbonyl (C=O) groups is 1. The van der Waals surface area contributed by atoms with Gasteiger partial charge in [-0.05, 0) is 31.6 Å². The molecule has 1 rings (SSSR count). The predicted molar refractivity (Wildman–Crippen MR) is 68.6 cm³/mol. The van der Waals surface area contributed by atoms with Crippen LogP contribution in [0.5, 0.6) is 0 Å². The molecule has 0 aliphatic heterocycles. The summed E-state index contributed by atoms with van der Waals surface area (Å²) in [6, 6.07) is 0. The molecule has 0 aromatic heterocycles. The summed E-state index contributed by atoms with van der Waals surface area (Å²) in [6.07, 6.45) is 0. The Kier molecular flexibility index (Phi) is 3.13. The zero-order valence-electron chi connectivity index (χ0n) is 11.4. The highest BCUT2D eigenvalue weighted by Gasteiger charge is 2.68. The van der Waals surface area contributed by atoms with Crippen LogP contribution in [0.2, 0.25) is 0 Å². The Bertz CT molecular complexity index is 291. The van der Waals surface area contributed by atoms with E-state index in [0.717, 1.165) is 0 Å². The number of carbonyl (C=O) groups excluding carboxylic acids is 1. The van der Waals surface area contributed by atoms with Gasteiger partial charge in [-0.1, -0.05) is 27.7 Å². The van der Waals surface area contributed by atoms with Gasteiger partial charge in [-0.2, -0.15) is 0 Å². The first-order chi connectivity index (χ1) is 6.94. The van der Waals surface area contributed by atoms with Crippen molar-refractivity contribution in [3.8, 4) is 0 Å². The van der Waals surface area contributed by atoms with Gasteiger partial charge in [0.05, 0.1) is 10.9 Å². The summed E-state index contributed by atoms with van der Waals surface area (Å²) in [5.41, 5.74) is -0.182. The first-order valence-electron chi connectivity index (χ1n) is 5.90. The Morgan fingerprint density at radius 2 is 1.62 bits per heavy atom. The van der Waals surface area contributed by atoms with Gasteiger partial charge in [0.2, 0.25) is 5.91 Å². The summed E-state index contributed by atoms with van der Waals surface area (Å²) >= 11 is 6.07. The van der Waals surface area contributed by atoms with Crippen LogP contribution in [-0.2, 0) is 4.79 Å². The number of halogens is 1. The van der Waals surface area contributed by atoms with E-state index in [1.165, 1.54) is 0 Å². The maximum absolute atomic E-state index is 12.2. The van der Waals surface area contributed by atoms with Crippen molar-refractivity contribution in [3.05, 3.63) is 0 Å². The molecular weight excluding hydrogens is 222 g/mol. The fourth-order valence-corrected chi connectivity index (χ4v) is 2.40. The molecule has 1 amide bonds. The van der Waals surface area contributed by atoms with Crippen molar-refractivity contribution in [1.29, 1.82) is 0 Å². The summed E-state index contributed by atoms with van der Waals surface area (Å²) in [4.78, 5) is 12.2. The molecule has 2 nitrogen and oxygen atoms in total. The molecule has 1 saturated carbocycles. The largest absolute Gasteiger partial charge is 0.349 e. The van der Waals surface area contributed by atoms with Crippen LogP contribution in [-0.4, -0.2) is 16.8 Å². The highest BCUT2D eigenvalue weighted by Crippen LogP contribution is 2.68. The van der Waals surface area contributed by atoms with E-state index in [1.807, 2.05) is 20.8 Å². The molecule has 0 heterocycles. The van der Waals surface area contributed by atoms with Crippen molar-refractivity contribution in [3.63, 3.8) is 0 Å². The number of alkyl halides is 1. The van der Waals surface area contributed by atoms with Crippen LogP contribution in [0.4, 0.5) is 0 Å². The molecule has 1 atom stereocenters. The maximum Gasteiger partial charge on any atom is 0.224 e. The van der Waals surface area contributed by atoms with Gasteiger partial charge in [0.25, 0.3) is 0 Å². The smallest absolute Gasteiger partial charge is 0.224 e. The van der Waals surface area contributed by atoms with Crippen LogP contribution in [0.15, 0.2) is 0 Å². The van der Waals surface area contributed by atoms with Crippen LogP contribution in [0.1, 0.15) is 48.5 Å². The van der Waals surface area contributed by atoms with Crippen LogP contribution in [0, 0.1) is 16.7 Å². The second kappa shape index (κ2) is 3.63. The molecule has 0 aromatic carbocycles. The van der Waals surface area contributed by atoms with Gasteiger partial charge < -0.3 is 5.32 Å². The van der Waals surface area contributed by atoms with E-state index in [-0.39, 0.29) is 33.6 Å². The van der Waals surface area contributed by atoms with Gasteiger partial charge in [0.15, 0.2) is 0 Å². The Morgan fingerprint density at radius 3 is 1.88 bits per heavy atom. The van der Waals surface area contributed by atoms with Crippen molar-refractivity contribution < 1.29 is 4.79 Å². The highest BCUT2D eigenvalue weighted by atomic mass is 35.5. The zero-order chi connectivity index (χ0) is 12.9. The quantitative estimate of drug-likeness (QED) is 0.761. The Hall–Kier alpha value is -0.240. The number of hydrogen-bond donors (Lipinski definition) is 1. The standard InChI is InChI=1S/C13H24ClNO/c1-8(14)13(6,7)15-10(16)9-11(2,3)12(9,4)5/h8-9H,1-7H3,(H,15,16). The topological polar surface area (TPSA) is 29.1 Å². The summed E-state index contributed by atoms with van der Waals surface area (Å²) in [5, 5.41) is 2.98. The average Bonchev–Trinajstić information content (AvgIpc) is 2.40. The van der Waals surface area contributed by atoms with E-state index in [9.17, 15) is 4.79 Å². The minimum absolute atomic E-state index is 0.0820. The average molecular weight is 246 g/mol. The van der Waals surface area contributed by atoms with Crippen LogP contribution >= 0.6 is 11.6 Å². The minimum atomic E-state index is -0.354. The molecule has 0 radical (unpaired) electrons. The van der Waals surface area contributed by atoms with E-state index in [2.05, 4.69) is 33.0 Å². The molecule has 0 bridgehead atoms. The summed E-state index contributed by atoms with van der Waals surface area (Å²) in [5.74, 6) is 0.224. The second-order valence-corrected chi connectivity index (χ2v) is 7.36. The van der Waals surface area contributed by atoms with E-state index < -0.39 is 0 Å². The maximum atomic E-state index is 12.2. The van der Waals surface area contributed by atoms with Gasteiger partial charge in [-0.3, -0.25) is 4.79 Å². The zero-order valence-corrected chi connectivity index (χ0v) is 12.2. The molecule has 1 aliphatic rings. The Labute approximate surface area is 104 Å². The van der Waals surface area contributed by atoms with Gasteiger partial charge in [-0.25, -0.2) is 0 Å². The van der Waals surface area contributed by atoms with Crippen molar-refractivity contribution in [2.75, 3.05) is 0 Å². The normalized spacial score (nSPS) is 25.0. The summed E-state index contributed by atoms with van der Waals surface area (Å²) in [6.45, 7) is 14.4. The Balaban J connectivity index is 2.71. The van der Waals surface area contributed by atoms with E-state index in [4.69, 9.17) is 11.6 Å². The molecular formula is C13H24ClNO. The first-order valence-corrected chi connectivity index (χ1v) is 6.34. The van der Waals surface area contributed by atoms with Crippen molar-refractivity contribution in [1.82, 2.24) is 5.32 Å². The van der Waals surface area contributed by atoms with Gasteiger partial charge in [0.1, 0.15) is 0 Å². The van der Waals surface area contributed by atoms with E-state index >= 15 is 0 Å². The SMILES string of the molecule is CC(Cl)C(C)(C)NC(=O)C1C(C)(C)C1(C)C. The molecule has 0 aromatic rings. The lowest BCUT2D eigenvalue weighted by molar-refractivity contribution is -0.125. The lowest BCUT2D eigenvalue weighted by Gasteiger charge is -2.29. The molecule has 16 heavy (non-hydrogen) atoms. The molecule has 94 valence electrons. The third kappa shape index (κ3) is 1.97. The van der Waals surface area contributed by atoms with Crippen molar-refractivity contribution in [2.24, 2.45) is 16.7 Å². The molecule has 0 spiro atoms. The summed E-state index contributed by atoms with van der Waals surface area (Å²) < 4.78 is 0. The number of rotatable bonds is 3. The lowest BCUT2D eigenvalue weighted by atomic mass is 10.0. The molecule has 1 aliphatic carbocycles. The van der Waals surface area contributed by atoms with Crippen molar-refractivity contribution in [2.45, 2.75) is 59.4 Å². The fourth-order valence-electron chi connectivity index (χ4n) is 2.34. The summed E-state index contributed by atoms with van der Waals surface area (Å²) in [7, 11) is 0. The van der Waals surface area contributed by atoms with Crippen molar-refractivity contribution >= 4 is 17.5 Å². The first kappa shape index (κ1) is 13.8. The van der Waals surface area contributed by atoms with Crippen LogP contribution in [0.3, 0.4) is 0 Å². The number of amides is 1. The number of hydrogen-bond acceptors (Lipinski definition) is 1. The lowest BCUT2D eigenvalue weighted by Crippen LogP contribution is -2.50. The molecule has 1 fully saturated rings. The predicted octanol–water partition coefficient (Wildman–Crippen LogP) is 3.19. The minimum Gasteiger partial charge on any atom is -0.349 e. The van der Waals surface area contributed by atoms with E-state index in [1.54, 1.807) is 0 Å². The van der Waals surface area contributed by atoms with Gasteiger partial charge in [-0.15, -0.1) is 11.6 Å². The fraction of sp³-hybridized carbons (Fsp3) is 0.923. The van der Waals surface area contributed by atoms with Crippen LogP contribution < -0.4 is 5.32 Å².